The van der Waals surface area contributed by atoms with Gasteiger partial charge >= 0.3 is 0 Å². The molecule has 0 spiro atoms. The van der Waals surface area contributed by atoms with Crippen LogP contribution in [0.1, 0.15) is 26.2 Å². The van der Waals surface area contributed by atoms with E-state index >= 15 is 0 Å². The molecule has 0 aromatic carbocycles. The molecule has 1 aliphatic carbocycles. The minimum Gasteiger partial charge on any atom is -0.349 e. The van der Waals surface area contributed by atoms with Gasteiger partial charge in [-0.15, -0.1) is 0 Å². The molecule has 0 radical (unpaired) electrons. The number of guanidine groups is 1. The first-order chi connectivity index (χ1) is 7.02. The lowest BCUT2D eigenvalue weighted by Crippen LogP contribution is -2.36. The fourth-order valence-corrected chi connectivity index (χ4v) is 2.38. The first kappa shape index (κ1) is 12.3. The third-order valence-corrected chi connectivity index (χ3v) is 3.31. The van der Waals surface area contributed by atoms with Crippen molar-refractivity contribution >= 4 is 5.96 Å². The second-order valence-corrected chi connectivity index (χ2v) is 5.10. The van der Waals surface area contributed by atoms with E-state index in [0.717, 1.165) is 24.3 Å². The molecule has 0 amide bonds. The van der Waals surface area contributed by atoms with Crippen LogP contribution in [0.3, 0.4) is 0 Å². The Morgan fingerprint density at radius 2 is 1.73 bits per heavy atom. The van der Waals surface area contributed by atoms with E-state index in [-0.39, 0.29) is 0 Å². The minimum absolute atomic E-state index is 0.805. The van der Waals surface area contributed by atoms with Crippen molar-refractivity contribution in [2.45, 2.75) is 26.2 Å². The first-order valence-corrected chi connectivity index (χ1v) is 5.91. The van der Waals surface area contributed by atoms with E-state index in [1.54, 1.807) is 0 Å². The predicted octanol–water partition coefficient (Wildman–Crippen LogP) is 1.90. The minimum atomic E-state index is 0.805. The Kier molecular flexibility index (Phi) is 4.43. The average Bonchev–Trinajstić information content (AvgIpc) is 2.51. The van der Waals surface area contributed by atoms with Crippen LogP contribution < -0.4 is 0 Å². The van der Waals surface area contributed by atoms with Crippen LogP contribution in [0.2, 0.25) is 0 Å². The Balaban J connectivity index is 2.53. The molecule has 15 heavy (non-hydrogen) atoms. The number of hydrogen-bond acceptors (Lipinski definition) is 1. The molecule has 1 saturated carbocycles. The third-order valence-electron chi connectivity index (χ3n) is 3.31. The first-order valence-electron chi connectivity index (χ1n) is 5.91. The standard InChI is InChI=1S/C12H25N3/c1-10-7-6-8-11(10)9-13-12(14(2)3)15(4)5/h10-11H,6-9H2,1-5H3. The molecular weight excluding hydrogens is 186 g/mol. The summed E-state index contributed by atoms with van der Waals surface area (Å²) in [5.74, 6) is 2.74. The maximum Gasteiger partial charge on any atom is 0.195 e. The number of nitrogens with zero attached hydrogens (tertiary/aromatic N) is 3. The van der Waals surface area contributed by atoms with Crippen molar-refractivity contribution in [2.75, 3.05) is 34.7 Å². The summed E-state index contributed by atoms with van der Waals surface area (Å²) in [6.45, 7) is 3.35. The molecule has 0 bridgehead atoms. The molecule has 2 unspecified atom stereocenters. The van der Waals surface area contributed by atoms with E-state index in [0.29, 0.717) is 0 Å². The SMILES string of the molecule is CC1CCCC1CN=C(N(C)C)N(C)C. The number of rotatable bonds is 2. The zero-order valence-corrected chi connectivity index (χ0v) is 10.8. The highest BCUT2D eigenvalue weighted by molar-refractivity contribution is 5.79. The van der Waals surface area contributed by atoms with Gasteiger partial charge in [-0.1, -0.05) is 19.8 Å². The molecule has 0 N–H and O–H groups in total. The molecule has 1 rings (SSSR count). The van der Waals surface area contributed by atoms with Crippen LogP contribution in [-0.4, -0.2) is 50.5 Å². The summed E-state index contributed by atoms with van der Waals surface area (Å²) >= 11 is 0. The molecule has 0 aromatic rings. The van der Waals surface area contributed by atoms with Crippen molar-refractivity contribution in [2.24, 2.45) is 16.8 Å². The van der Waals surface area contributed by atoms with Crippen LogP contribution in [0.5, 0.6) is 0 Å². The van der Waals surface area contributed by atoms with Gasteiger partial charge in [0.25, 0.3) is 0 Å². The van der Waals surface area contributed by atoms with Crippen molar-refractivity contribution in [1.82, 2.24) is 9.80 Å². The Bertz CT molecular complexity index is 211. The van der Waals surface area contributed by atoms with Crippen molar-refractivity contribution in [1.29, 1.82) is 0 Å². The van der Waals surface area contributed by atoms with Crippen LogP contribution in [0.15, 0.2) is 4.99 Å². The molecule has 0 heterocycles. The van der Waals surface area contributed by atoms with E-state index in [2.05, 4.69) is 44.9 Å². The fourth-order valence-electron chi connectivity index (χ4n) is 2.38. The maximum absolute atomic E-state index is 4.72. The van der Waals surface area contributed by atoms with Crippen LogP contribution in [0, 0.1) is 11.8 Å². The largest absolute Gasteiger partial charge is 0.349 e. The van der Waals surface area contributed by atoms with Gasteiger partial charge in [-0.3, -0.25) is 4.99 Å². The molecule has 3 nitrogen and oxygen atoms in total. The smallest absolute Gasteiger partial charge is 0.195 e. The van der Waals surface area contributed by atoms with E-state index < -0.39 is 0 Å². The lowest BCUT2D eigenvalue weighted by atomic mass is 9.99. The van der Waals surface area contributed by atoms with Gasteiger partial charge in [-0.25, -0.2) is 0 Å². The van der Waals surface area contributed by atoms with Gasteiger partial charge in [-0.2, -0.15) is 0 Å². The summed E-state index contributed by atoms with van der Waals surface area (Å²) < 4.78 is 0. The van der Waals surface area contributed by atoms with E-state index in [1.165, 1.54) is 19.3 Å². The lowest BCUT2D eigenvalue weighted by molar-refractivity contribution is 0.417. The second-order valence-electron chi connectivity index (χ2n) is 5.10. The third kappa shape index (κ3) is 3.40. The normalized spacial score (nSPS) is 25.1. The Hall–Kier alpha value is -0.730. The topological polar surface area (TPSA) is 18.8 Å². The average molecular weight is 211 g/mol. The van der Waals surface area contributed by atoms with Crippen LogP contribution in [0.4, 0.5) is 0 Å². The summed E-state index contributed by atoms with van der Waals surface area (Å²) in [6, 6.07) is 0. The van der Waals surface area contributed by atoms with Gasteiger partial charge in [0.05, 0.1) is 0 Å². The molecule has 0 saturated heterocycles. The molecule has 2 atom stereocenters. The highest BCUT2D eigenvalue weighted by atomic mass is 15.3. The summed E-state index contributed by atoms with van der Waals surface area (Å²) in [7, 11) is 8.21. The Labute approximate surface area is 94.2 Å². The van der Waals surface area contributed by atoms with Crippen molar-refractivity contribution < 1.29 is 0 Å². The van der Waals surface area contributed by atoms with Gasteiger partial charge < -0.3 is 9.80 Å². The highest BCUT2D eigenvalue weighted by Crippen LogP contribution is 2.31. The van der Waals surface area contributed by atoms with Gasteiger partial charge in [0, 0.05) is 34.7 Å². The summed E-state index contributed by atoms with van der Waals surface area (Å²) in [5, 5.41) is 0. The Morgan fingerprint density at radius 3 is 2.13 bits per heavy atom. The second kappa shape index (κ2) is 5.38. The van der Waals surface area contributed by atoms with Crippen LogP contribution in [-0.2, 0) is 0 Å². The lowest BCUT2D eigenvalue weighted by Gasteiger charge is -2.23. The molecule has 3 heteroatoms. The predicted molar refractivity (Wildman–Crippen MR) is 66.2 cm³/mol. The zero-order chi connectivity index (χ0) is 11.4. The molecule has 1 aliphatic rings. The van der Waals surface area contributed by atoms with Crippen LogP contribution in [0.25, 0.3) is 0 Å². The van der Waals surface area contributed by atoms with Crippen LogP contribution >= 0.6 is 0 Å². The summed E-state index contributed by atoms with van der Waals surface area (Å²) in [4.78, 5) is 8.89. The fraction of sp³-hybridized carbons (Fsp3) is 0.917. The van der Waals surface area contributed by atoms with Crippen molar-refractivity contribution in [3.63, 3.8) is 0 Å². The van der Waals surface area contributed by atoms with E-state index in [4.69, 9.17) is 4.99 Å². The molecular formula is C12H25N3. The van der Waals surface area contributed by atoms with Crippen molar-refractivity contribution in [3.05, 3.63) is 0 Å². The van der Waals surface area contributed by atoms with Gasteiger partial charge in [0.1, 0.15) is 0 Å². The van der Waals surface area contributed by atoms with Gasteiger partial charge in [0.15, 0.2) is 5.96 Å². The van der Waals surface area contributed by atoms with E-state index in [9.17, 15) is 0 Å². The van der Waals surface area contributed by atoms with Gasteiger partial charge in [0.2, 0.25) is 0 Å². The molecule has 88 valence electrons. The maximum atomic E-state index is 4.72. The monoisotopic (exact) mass is 211 g/mol. The molecule has 1 fully saturated rings. The van der Waals surface area contributed by atoms with Crippen molar-refractivity contribution in [3.8, 4) is 0 Å². The molecule has 0 aliphatic heterocycles. The zero-order valence-electron chi connectivity index (χ0n) is 10.8. The van der Waals surface area contributed by atoms with E-state index in [1.807, 2.05) is 0 Å². The quantitative estimate of drug-likeness (QED) is 0.513. The number of hydrogen-bond donors (Lipinski definition) is 0. The Morgan fingerprint density at radius 1 is 1.13 bits per heavy atom. The van der Waals surface area contributed by atoms with Gasteiger partial charge in [-0.05, 0) is 18.3 Å². The molecule has 0 aromatic heterocycles. The number of aliphatic imine (C=N–C) groups is 1. The summed E-state index contributed by atoms with van der Waals surface area (Å²) in [6.07, 6.45) is 4.14. The summed E-state index contributed by atoms with van der Waals surface area (Å²) in [5.41, 5.74) is 0. The highest BCUT2D eigenvalue weighted by Gasteiger charge is 2.23.